The van der Waals surface area contributed by atoms with Gasteiger partial charge in [-0.15, -0.1) is 0 Å². The highest BCUT2D eigenvalue weighted by Crippen LogP contribution is 2.35. The number of fused-ring (bicyclic) bond motifs is 3. The lowest BCUT2D eigenvalue weighted by atomic mass is 9.88. The fourth-order valence-electron chi connectivity index (χ4n) is 3.24. The third-order valence-electron chi connectivity index (χ3n) is 4.71. The monoisotopic (exact) mass is 339 g/mol. The first-order valence-corrected chi connectivity index (χ1v) is 9.70. The normalized spacial score (nSPS) is 12.4. The molecular formula is C22H29NO2. The molecule has 2 aromatic rings. The molecule has 0 saturated heterocycles. The summed E-state index contributed by atoms with van der Waals surface area (Å²) in [6, 6.07) is 10.6. The number of hydrogen-bond donors (Lipinski definition) is 0. The van der Waals surface area contributed by atoms with Gasteiger partial charge in [-0.1, -0.05) is 39.2 Å². The second-order valence-corrected chi connectivity index (χ2v) is 6.72. The maximum Gasteiger partial charge on any atom is 0.213 e. The molecule has 1 aromatic carbocycles. The van der Waals surface area contributed by atoms with Crippen LogP contribution in [-0.2, 0) is 12.8 Å². The fraction of sp³-hybridized carbons (Fsp3) is 0.500. The van der Waals surface area contributed by atoms with Crippen molar-refractivity contribution < 1.29 is 9.47 Å². The van der Waals surface area contributed by atoms with Gasteiger partial charge in [-0.3, -0.25) is 0 Å². The zero-order chi connectivity index (χ0) is 17.5. The van der Waals surface area contributed by atoms with Gasteiger partial charge in [-0.25, -0.2) is 4.98 Å². The van der Waals surface area contributed by atoms with Gasteiger partial charge >= 0.3 is 0 Å². The van der Waals surface area contributed by atoms with E-state index >= 15 is 0 Å². The number of benzene rings is 1. The summed E-state index contributed by atoms with van der Waals surface area (Å²) in [6.45, 7) is 5.94. The van der Waals surface area contributed by atoms with Gasteiger partial charge in [0.05, 0.1) is 18.9 Å². The lowest BCUT2D eigenvalue weighted by Gasteiger charge is -2.20. The predicted octanol–water partition coefficient (Wildman–Crippen LogP) is 5.60. The first-order valence-electron chi connectivity index (χ1n) is 9.70. The van der Waals surface area contributed by atoms with E-state index in [1.165, 1.54) is 29.5 Å². The van der Waals surface area contributed by atoms with Crippen LogP contribution in [0.2, 0.25) is 0 Å². The van der Waals surface area contributed by atoms with Gasteiger partial charge in [0.1, 0.15) is 5.75 Å². The Morgan fingerprint density at radius 2 is 1.64 bits per heavy atom. The largest absolute Gasteiger partial charge is 0.494 e. The van der Waals surface area contributed by atoms with E-state index in [2.05, 4.69) is 38.1 Å². The third-order valence-corrected chi connectivity index (χ3v) is 4.71. The molecule has 0 saturated carbocycles. The summed E-state index contributed by atoms with van der Waals surface area (Å²) in [7, 11) is 0. The Morgan fingerprint density at radius 3 is 2.48 bits per heavy atom. The number of nitrogens with zero attached hydrogens (tertiary/aromatic N) is 1. The predicted molar refractivity (Wildman–Crippen MR) is 103 cm³/mol. The Balaban J connectivity index is 1.70. The molecule has 0 unspecified atom stereocenters. The van der Waals surface area contributed by atoms with Gasteiger partial charge in [0, 0.05) is 11.6 Å². The smallest absolute Gasteiger partial charge is 0.213 e. The molecular weight excluding hydrogens is 310 g/mol. The van der Waals surface area contributed by atoms with Gasteiger partial charge in [-0.2, -0.15) is 0 Å². The highest BCUT2D eigenvalue weighted by atomic mass is 16.5. The van der Waals surface area contributed by atoms with Crippen molar-refractivity contribution in [2.75, 3.05) is 13.2 Å². The van der Waals surface area contributed by atoms with Crippen LogP contribution < -0.4 is 9.47 Å². The maximum atomic E-state index is 5.90. The van der Waals surface area contributed by atoms with Crippen molar-refractivity contribution in [2.24, 2.45) is 0 Å². The van der Waals surface area contributed by atoms with Crippen LogP contribution in [0.4, 0.5) is 0 Å². The first kappa shape index (κ1) is 17.8. The Bertz CT molecular complexity index is 696. The van der Waals surface area contributed by atoms with Crippen molar-refractivity contribution in [3.8, 4) is 22.8 Å². The minimum absolute atomic E-state index is 0.748. The van der Waals surface area contributed by atoms with Gasteiger partial charge in [0.2, 0.25) is 5.88 Å². The SMILES string of the molecule is CCCCCOc1ccc2c(c1)CCc1nc(OCCCC)ccc1-2. The molecule has 0 atom stereocenters. The maximum absolute atomic E-state index is 5.90. The van der Waals surface area contributed by atoms with E-state index in [-0.39, 0.29) is 0 Å². The van der Waals surface area contributed by atoms with Crippen LogP contribution in [0.25, 0.3) is 11.1 Å². The molecule has 1 aliphatic rings. The van der Waals surface area contributed by atoms with Crippen LogP contribution in [0.1, 0.15) is 57.2 Å². The molecule has 0 N–H and O–H groups in total. The van der Waals surface area contributed by atoms with Crippen LogP contribution in [0, 0.1) is 0 Å². The van der Waals surface area contributed by atoms with Crippen molar-refractivity contribution in [1.82, 2.24) is 4.98 Å². The molecule has 0 amide bonds. The summed E-state index contributed by atoms with van der Waals surface area (Å²) < 4.78 is 11.7. The molecule has 0 fully saturated rings. The van der Waals surface area contributed by atoms with E-state index in [9.17, 15) is 0 Å². The Hall–Kier alpha value is -2.03. The number of pyridine rings is 1. The van der Waals surface area contributed by atoms with E-state index in [0.717, 1.165) is 62.6 Å². The lowest BCUT2D eigenvalue weighted by Crippen LogP contribution is -2.08. The summed E-state index contributed by atoms with van der Waals surface area (Å²) >= 11 is 0. The molecule has 134 valence electrons. The number of unbranched alkanes of at least 4 members (excludes halogenated alkanes) is 3. The Kier molecular flexibility index (Phi) is 6.32. The molecule has 3 heteroatoms. The summed E-state index contributed by atoms with van der Waals surface area (Å²) in [5.41, 5.74) is 5.04. The van der Waals surface area contributed by atoms with Crippen LogP contribution in [0.5, 0.6) is 11.6 Å². The van der Waals surface area contributed by atoms with Crippen molar-refractivity contribution in [3.63, 3.8) is 0 Å². The second-order valence-electron chi connectivity index (χ2n) is 6.72. The van der Waals surface area contributed by atoms with Crippen LogP contribution >= 0.6 is 0 Å². The number of ether oxygens (including phenoxy) is 2. The van der Waals surface area contributed by atoms with Crippen LogP contribution in [0.3, 0.4) is 0 Å². The molecule has 25 heavy (non-hydrogen) atoms. The molecule has 3 nitrogen and oxygen atoms in total. The molecule has 3 rings (SSSR count). The van der Waals surface area contributed by atoms with Crippen molar-refractivity contribution in [3.05, 3.63) is 41.6 Å². The van der Waals surface area contributed by atoms with E-state index in [1.807, 2.05) is 6.07 Å². The molecule has 0 bridgehead atoms. The minimum atomic E-state index is 0.748. The molecule has 1 aromatic heterocycles. The van der Waals surface area contributed by atoms with E-state index in [0.29, 0.717) is 0 Å². The molecule has 0 radical (unpaired) electrons. The summed E-state index contributed by atoms with van der Waals surface area (Å²) in [5.74, 6) is 1.75. The van der Waals surface area contributed by atoms with Gasteiger partial charge in [0.15, 0.2) is 0 Å². The summed E-state index contributed by atoms with van der Waals surface area (Å²) in [5, 5.41) is 0. The van der Waals surface area contributed by atoms with Gasteiger partial charge < -0.3 is 9.47 Å². The zero-order valence-corrected chi connectivity index (χ0v) is 15.5. The van der Waals surface area contributed by atoms with Crippen molar-refractivity contribution >= 4 is 0 Å². The van der Waals surface area contributed by atoms with Gasteiger partial charge in [-0.05, 0) is 55.0 Å². The molecule has 1 heterocycles. The standard InChI is InChI=1S/C22H29NO2/c1-3-5-7-15-24-18-9-10-19-17(16-18)8-12-21-20(19)11-13-22(23-21)25-14-6-4-2/h9-11,13,16H,3-8,12,14-15H2,1-2H3. The average molecular weight is 339 g/mol. The van der Waals surface area contributed by atoms with Crippen molar-refractivity contribution in [1.29, 1.82) is 0 Å². The van der Waals surface area contributed by atoms with Crippen LogP contribution in [0.15, 0.2) is 30.3 Å². The van der Waals surface area contributed by atoms with Crippen molar-refractivity contribution in [2.45, 2.75) is 58.8 Å². The summed E-state index contributed by atoms with van der Waals surface area (Å²) in [6.07, 6.45) is 7.77. The Morgan fingerprint density at radius 1 is 0.840 bits per heavy atom. The first-order chi connectivity index (χ1) is 12.3. The topological polar surface area (TPSA) is 31.4 Å². The van der Waals surface area contributed by atoms with Crippen LogP contribution in [-0.4, -0.2) is 18.2 Å². The number of aryl methyl sites for hydroxylation is 2. The number of rotatable bonds is 9. The number of aromatic nitrogens is 1. The Labute approximate surface area is 151 Å². The lowest BCUT2D eigenvalue weighted by molar-refractivity contribution is 0.297. The fourth-order valence-corrected chi connectivity index (χ4v) is 3.24. The third kappa shape index (κ3) is 4.53. The average Bonchev–Trinajstić information content (AvgIpc) is 2.65. The molecule has 1 aliphatic carbocycles. The zero-order valence-electron chi connectivity index (χ0n) is 15.5. The highest BCUT2D eigenvalue weighted by molar-refractivity contribution is 5.73. The number of hydrogen-bond acceptors (Lipinski definition) is 3. The summed E-state index contributed by atoms with van der Waals surface area (Å²) in [4.78, 5) is 4.72. The van der Waals surface area contributed by atoms with E-state index in [1.54, 1.807) is 0 Å². The van der Waals surface area contributed by atoms with E-state index < -0.39 is 0 Å². The minimum Gasteiger partial charge on any atom is -0.494 e. The highest BCUT2D eigenvalue weighted by Gasteiger charge is 2.18. The molecule has 0 spiro atoms. The molecule has 0 aliphatic heterocycles. The second kappa shape index (κ2) is 8.89. The van der Waals surface area contributed by atoms with Gasteiger partial charge in [0.25, 0.3) is 0 Å². The quantitative estimate of drug-likeness (QED) is 0.558. The van der Waals surface area contributed by atoms with E-state index in [4.69, 9.17) is 14.5 Å².